The Kier molecular flexibility index (Phi) is 2.94. The number of benzene rings is 1. The minimum atomic E-state index is 0.590. The van der Waals surface area contributed by atoms with Crippen molar-refractivity contribution in [3.05, 3.63) is 48.4 Å². The van der Waals surface area contributed by atoms with E-state index in [9.17, 15) is 5.26 Å². The number of fused-ring (bicyclic) bond motifs is 1. The highest BCUT2D eigenvalue weighted by molar-refractivity contribution is 7.99. The largest absolute Gasteiger partial charge is 0.275 e. The summed E-state index contributed by atoms with van der Waals surface area (Å²) >= 11 is 1.54. The predicted octanol–water partition coefficient (Wildman–Crippen LogP) is 2.99. The highest BCUT2D eigenvalue weighted by Crippen LogP contribution is 2.34. The molecule has 0 saturated carbocycles. The molecule has 0 fully saturated rings. The molecule has 92 valence electrons. The molecule has 0 saturated heterocycles. The third-order valence-electron chi connectivity index (χ3n) is 2.75. The fourth-order valence-corrected chi connectivity index (χ4v) is 2.91. The molecule has 3 rings (SSSR count). The van der Waals surface area contributed by atoms with E-state index >= 15 is 0 Å². The molecule has 19 heavy (non-hydrogen) atoms. The second-order valence-electron chi connectivity index (χ2n) is 4.08. The number of nitrogens with zero attached hydrogens (tertiary/aromatic N) is 4. The van der Waals surface area contributed by atoms with Gasteiger partial charge in [-0.1, -0.05) is 30.0 Å². The van der Waals surface area contributed by atoms with Crippen molar-refractivity contribution in [2.24, 2.45) is 7.05 Å². The normalized spacial score (nSPS) is 10.5. The lowest BCUT2D eigenvalue weighted by Crippen LogP contribution is -1.87. The highest BCUT2D eigenvalue weighted by Gasteiger charge is 2.10. The summed E-state index contributed by atoms with van der Waals surface area (Å²) < 4.78 is 1.75. The molecule has 0 aliphatic carbocycles. The van der Waals surface area contributed by atoms with Crippen molar-refractivity contribution in [3.8, 4) is 6.07 Å². The van der Waals surface area contributed by atoms with Gasteiger partial charge in [0.1, 0.15) is 6.07 Å². The fraction of sp³-hybridized carbons (Fsp3) is 0.0714. The third kappa shape index (κ3) is 2.18. The van der Waals surface area contributed by atoms with Crippen LogP contribution in [0, 0.1) is 11.3 Å². The summed E-state index contributed by atoms with van der Waals surface area (Å²) in [7, 11) is 1.87. The summed E-state index contributed by atoms with van der Waals surface area (Å²) in [6.45, 7) is 0. The van der Waals surface area contributed by atoms with E-state index in [1.165, 1.54) is 0 Å². The summed E-state index contributed by atoms with van der Waals surface area (Å²) in [5.41, 5.74) is 1.49. The van der Waals surface area contributed by atoms with Gasteiger partial charge in [-0.3, -0.25) is 9.67 Å². The van der Waals surface area contributed by atoms with Crippen LogP contribution in [-0.4, -0.2) is 14.8 Å². The van der Waals surface area contributed by atoms with Gasteiger partial charge in [-0.2, -0.15) is 10.4 Å². The SMILES string of the molecule is Cn1cc(Sc2c(C#N)cnc3ccccc23)cn1. The summed E-state index contributed by atoms with van der Waals surface area (Å²) in [6.07, 6.45) is 5.35. The lowest BCUT2D eigenvalue weighted by Gasteiger charge is -2.06. The molecule has 1 aromatic carbocycles. The molecule has 0 radical (unpaired) electrons. The summed E-state index contributed by atoms with van der Waals surface area (Å²) in [6, 6.07) is 10.0. The van der Waals surface area contributed by atoms with Gasteiger partial charge in [-0.25, -0.2) is 0 Å². The highest BCUT2D eigenvalue weighted by atomic mass is 32.2. The Morgan fingerprint density at radius 3 is 2.84 bits per heavy atom. The number of rotatable bonds is 2. The van der Waals surface area contributed by atoms with Crippen molar-refractivity contribution in [2.75, 3.05) is 0 Å². The average Bonchev–Trinajstić information content (AvgIpc) is 2.85. The monoisotopic (exact) mass is 266 g/mol. The zero-order chi connectivity index (χ0) is 13.2. The van der Waals surface area contributed by atoms with Crippen LogP contribution in [0.4, 0.5) is 0 Å². The predicted molar refractivity (Wildman–Crippen MR) is 73.8 cm³/mol. The molecule has 0 N–H and O–H groups in total. The lowest BCUT2D eigenvalue weighted by atomic mass is 10.2. The first-order chi connectivity index (χ1) is 9.28. The van der Waals surface area contributed by atoms with E-state index in [0.29, 0.717) is 5.56 Å². The van der Waals surface area contributed by atoms with Crippen LogP contribution in [0.25, 0.3) is 10.9 Å². The Bertz CT molecular complexity index is 785. The molecule has 5 heteroatoms. The molecule has 0 bridgehead atoms. The van der Waals surface area contributed by atoms with Crippen molar-refractivity contribution >= 4 is 22.7 Å². The van der Waals surface area contributed by atoms with Gasteiger partial charge in [0.05, 0.1) is 22.2 Å². The minimum absolute atomic E-state index is 0.590. The fourth-order valence-electron chi connectivity index (χ4n) is 1.87. The first kappa shape index (κ1) is 11.8. The van der Waals surface area contributed by atoms with Crippen molar-refractivity contribution in [1.82, 2.24) is 14.8 Å². The Balaban J connectivity index is 2.17. The van der Waals surface area contributed by atoms with Crippen LogP contribution >= 0.6 is 11.8 Å². The van der Waals surface area contributed by atoms with Gasteiger partial charge in [0.25, 0.3) is 0 Å². The van der Waals surface area contributed by atoms with Crippen LogP contribution in [-0.2, 0) is 7.05 Å². The molecule has 4 nitrogen and oxygen atoms in total. The topological polar surface area (TPSA) is 54.5 Å². The van der Waals surface area contributed by atoms with Gasteiger partial charge in [0, 0.05) is 29.7 Å². The maximum Gasteiger partial charge on any atom is 0.102 e. The number of aryl methyl sites for hydroxylation is 1. The first-order valence-electron chi connectivity index (χ1n) is 5.72. The van der Waals surface area contributed by atoms with Gasteiger partial charge in [0.2, 0.25) is 0 Å². The van der Waals surface area contributed by atoms with Crippen molar-refractivity contribution in [1.29, 1.82) is 5.26 Å². The molecule has 2 heterocycles. The van der Waals surface area contributed by atoms with Gasteiger partial charge in [-0.05, 0) is 6.07 Å². The quantitative estimate of drug-likeness (QED) is 0.715. The molecule has 3 aromatic rings. The van der Waals surface area contributed by atoms with Crippen LogP contribution < -0.4 is 0 Å². The number of para-hydroxylation sites is 1. The van der Waals surface area contributed by atoms with Gasteiger partial charge < -0.3 is 0 Å². The van der Waals surface area contributed by atoms with E-state index in [-0.39, 0.29) is 0 Å². The molecule has 0 unspecified atom stereocenters. The van der Waals surface area contributed by atoms with Crippen LogP contribution in [0.1, 0.15) is 5.56 Å². The first-order valence-corrected chi connectivity index (χ1v) is 6.54. The molecular formula is C14H10N4S. The van der Waals surface area contributed by atoms with Crippen molar-refractivity contribution in [2.45, 2.75) is 9.79 Å². The van der Waals surface area contributed by atoms with Crippen LogP contribution in [0.15, 0.2) is 52.6 Å². The van der Waals surface area contributed by atoms with E-state index < -0.39 is 0 Å². The van der Waals surface area contributed by atoms with E-state index in [2.05, 4.69) is 16.2 Å². The zero-order valence-electron chi connectivity index (χ0n) is 10.2. The smallest absolute Gasteiger partial charge is 0.102 e. The number of hydrogen-bond donors (Lipinski definition) is 0. The van der Waals surface area contributed by atoms with Gasteiger partial charge in [0.15, 0.2) is 0 Å². The Morgan fingerprint density at radius 2 is 2.11 bits per heavy atom. The summed E-state index contributed by atoms with van der Waals surface area (Å²) in [5.74, 6) is 0. The van der Waals surface area contributed by atoms with E-state index in [1.54, 1.807) is 28.8 Å². The maximum absolute atomic E-state index is 9.24. The van der Waals surface area contributed by atoms with Gasteiger partial charge >= 0.3 is 0 Å². The average molecular weight is 266 g/mol. The van der Waals surface area contributed by atoms with Crippen LogP contribution in [0.5, 0.6) is 0 Å². The molecule has 0 spiro atoms. The number of pyridine rings is 1. The van der Waals surface area contributed by atoms with E-state index in [4.69, 9.17) is 0 Å². The molecule has 0 aliphatic rings. The van der Waals surface area contributed by atoms with E-state index in [0.717, 1.165) is 20.7 Å². The third-order valence-corrected chi connectivity index (χ3v) is 3.84. The molecular weight excluding hydrogens is 256 g/mol. The number of hydrogen-bond acceptors (Lipinski definition) is 4. The standard InChI is InChI=1S/C14H10N4S/c1-18-9-11(8-17-18)19-14-10(6-15)7-16-13-5-3-2-4-12(13)14/h2-5,7-9H,1H3. The van der Waals surface area contributed by atoms with Crippen molar-refractivity contribution in [3.63, 3.8) is 0 Å². The second kappa shape index (κ2) is 4.75. The minimum Gasteiger partial charge on any atom is -0.275 e. The van der Waals surface area contributed by atoms with Crippen LogP contribution in [0.3, 0.4) is 0 Å². The van der Waals surface area contributed by atoms with E-state index in [1.807, 2.05) is 37.5 Å². The van der Waals surface area contributed by atoms with Crippen LogP contribution in [0.2, 0.25) is 0 Å². The summed E-state index contributed by atoms with van der Waals surface area (Å²) in [4.78, 5) is 6.24. The van der Waals surface area contributed by atoms with Crippen molar-refractivity contribution < 1.29 is 0 Å². The molecule has 0 atom stereocenters. The number of nitriles is 1. The number of aromatic nitrogens is 3. The molecule has 0 amide bonds. The second-order valence-corrected chi connectivity index (χ2v) is 5.17. The van der Waals surface area contributed by atoms with Gasteiger partial charge in [-0.15, -0.1) is 0 Å². The Labute approximate surface area is 114 Å². The molecule has 2 aromatic heterocycles. The Hall–Kier alpha value is -2.32. The maximum atomic E-state index is 9.24. The lowest BCUT2D eigenvalue weighted by molar-refractivity contribution is 0.766. The Morgan fingerprint density at radius 1 is 1.26 bits per heavy atom. The molecule has 0 aliphatic heterocycles. The zero-order valence-corrected chi connectivity index (χ0v) is 11.1. The summed E-state index contributed by atoms with van der Waals surface area (Å²) in [5, 5.41) is 14.4.